The van der Waals surface area contributed by atoms with Gasteiger partial charge in [-0.05, 0) is 35.9 Å². The molecule has 6 nitrogen and oxygen atoms in total. The normalized spacial score (nSPS) is 24.1. The second-order valence-corrected chi connectivity index (χ2v) is 9.72. The van der Waals surface area contributed by atoms with E-state index in [1.165, 1.54) is 0 Å². The number of para-hydroxylation sites is 1. The highest BCUT2D eigenvalue weighted by molar-refractivity contribution is 9.10. The summed E-state index contributed by atoms with van der Waals surface area (Å²) in [4.78, 5) is 2.29. The van der Waals surface area contributed by atoms with Gasteiger partial charge >= 0.3 is 0 Å². The van der Waals surface area contributed by atoms with E-state index in [-0.39, 0.29) is 29.3 Å². The van der Waals surface area contributed by atoms with Crippen molar-refractivity contribution in [3.8, 4) is 11.8 Å². The second kappa shape index (κ2) is 7.84. The van der Waals surface area contributed by atoms with Gasteiger partial charge in [0.1, 0.15) is 11.8 Å². The van der Waals surface area contributed by atoms with Crippen LogP contribution in [0.3, 0.4) is 0 Å². The molecule has 3 atom stereocenters. The lowest BCUT2D eigenvalue weighted by molar-refractivity contribution is 0.190. The van der Waals surface area contributed by atoms with E-state index < -0.39 is 10.0 Å². The average molecular weight is 462 g/mol. The number of ether oxygens (including phenoxy) is 1. The summed E-state index contributed by atoms with van der Waals surface area (Å²) in [5.74, 6) is 1.22. The quantitative estimate of drug-likeness (QED) is 0.739. The van der Waals surface area contributed by atoms with Crippen molar-refractivity contribution in [2.45, 2.75) is 16.9 Å². The first-order valence-electron chi connectivity index (χ1n) is 9.10. The first-order valence-corrected chi connectivity index (χ1v) is 11.4. The van der Waals surface area contributed by atoms with Gasteiger partial charge in [0.05, 0.1) is 17.6 Å². The molecular weight excluding hydrogens is 442 g/mol. The van der Waals surface area contributed by atoms with Crippen LogP contribution >= 0.6 is 15.9 Å². The van der Waals surface area contributed by atoms with E-state index in [4.69, 9.17) is 4.74 Å². The Morgan fingerprint density at radius 2 is 1.96 bits per heavy atom. The number of fused-ring (bicyclic) bond motifs is 3. The number of halogens is 1. The number of nitrogens with zero attached hydrogens (tertiary/aromatic N) is 2. The van der Waals surface area contributed by atoms with Crippen molar-refractivity contribution < 1.29 is 13.2 Å². The van der Waals surface area contributed by atoms with Gasteiger partial charge in [-0.25, -0.2) is 13.1 Å². The number of rotatable bonds is 5. The lowest BCUT2D eigenvalue weighted by Crippen LogP contribution is -2.39. The zero-order valence-electron chi connectivity index (χ0n) is 15.1. The third-order valence-electron chi connectivity index (χ3n) is 5.44. The molecule has 0 saturated carbocycles. The van der Waals surface area contributed by atoms with E-state index in [9.17, 15) is 13.7 Å². The minimum absolute atomic E-state index is 0.1000. The molecule has 2 aliphatic heterocycles. The molecule has 2 aromatic carbocycles. The Morgan fingerprint density at radius 3 is 2.71 bits per heavy atom. The van der Waals surface area contributed by atoms with E-state index in [1.54, 1.807) is 24.3 Å². The summed E-state index contributed by atoms with van der Waals surface area (Å²) < 4.78 is 34.2. The van der Waals surface area contributed by atoms with Crippen molar-refractivity contribution in [3.63, 3.8) is 0 Å². The third kappa shape index (κ3) is 3.67. The monoisotopic (exact) mass is 461 g/mol. The van der Waals surface area contributed by atoms with Crippen LogP contribution in [0.15, 0.2) is 57.9 Å². The maximum absolute atomic E-state index is 12.5. The summed E-state index contributed by atoms with van der Waals surface area (Å²) in [6, 6.07) is 16.6. The smallest absolute Gasteiger partial charge is 0.240 e. The summed E-state index contributed by atoms with van der Waals surface area (Å²) in [7, 11) is -3.57. The Morgan fingerprint density at radius 1 is 1.21 bits per heavy atom. The average Bonchev–Trinajstić information content (AvgIpc) is 3.06. The van der Waals surface area contributed by atoms with Crippen LogP contribution in [-0.2, 0) is 10.0 Å². The number of sulfonamides is 1. The summed E-state index contributed by atoms with van der Waals surface area (Å²) in [5, 5.41) is 9.70. The molecule has 1 saturated heterocycles. The van der Waals surface area contributed by atoms with Gasteiger partial charge in [-0.1, -0.05) is 34.1 Å². The van der Waals surface area contributed by atoms with Crippen LogP contribution in [0, 0.1) is 17.2 Å². The molecule has 1 fully saturated rings. The summed E-state index contributed by atoms with van der Waals surface area (Å²) in [6.45, 7) is 1.96. The van der Waals surface area contributed by atoms with Gasteiger partial charge in [-0.2, -0.15) is 5.26 Å². The van der Waals surface area contributed by atoms with Gasteiger partial charge in [0.15, 0.2) is 0 Å². The Kier molecular flexibility index (Phi) is 5.43. The summed E-state index contributed by atoms with van der Waals surface area (Å²) in [5.41, 5.74) is 1.14. The predicted molar refractivity (Wildman–Crippen MR) is 108 cm³/mol. The topological polar surface area (TPSA) is 82.4 Å². The van der Waals surface area contributed by atoms with Gasteiger partial charge in [0, 0.05) is 35.9 Å². The van der Waals surface area contributed by atoms with E-state index >= 15 is 0 Å². The van der Waals surface area contributed by atoms with Gasteiger partial charge in [-0.15, -0.1) is 0 Å². The van der Waals surface area contributed by atoms with Crippen LogP contribution in [0.4, 0.5) is 0 Å². The highest BCUT2D eigenvalue weighted by Crippen LogP contribution is 2.44. The van der Waals surface area contributed by atoms with Crippen molar-refractivity contribution in [1.82, 2.24) is 9.62 Å². The molecule has 0 aliphatic carbocycles. The number of hydrogen-bond acceptors (Lipinski definition) is 5. The molecular formula is C20H20BrN3O3S. The molecule has 0 amide bonds. The van der Waals surface area contributed by atoms with Gasteiger partial charge in [-0.3, -0.25) is 4.90 Å². The lowest BCUT2D eigenvalue weighted by atomic mass is 9.84. The molecule has 4 rings (SSSR count). The zero-order chi connectivity index (χ0) is 19.7. The van der Waals surface area contributed by atoms with E-state index in [0.29, 0.717) is 13.2 Å². The largest absolute Gasteiger partial charge is 0.493 e. The van der Waals surface area contributed by atoms with Crippen LogP contribution < -0.4 is 9.46 Å². The molecule has 2 aromatic rings. The first-order chi connectivity index (χ1) is 13.5. The number of likely N-dealkylation sites (tertiary alicyclic amines) is 1. The van der Waals surface area contributed by atoms with Gasteiger partial charge < -0.3 is 4.74 Å². The van der Waals surface area contributed by atoms with E-state index in [0.717, 1.165) is 22.3 Å². The molecule has 28 heavy (non-hydrogen) atoms. The first kappa shape index (κ1) is 19.4. The van der Waals surface area contributed by atoms with Crippen molar-refractivity contribution in [1.29, 1.82) is 5.26 Å². The standard InChI is InChI=1S/C20H20BrN3O3S/c21-14-5-7-15(8-6-14)28(25,26)23-9-10-24-12-17-16-3-1-2-4-20(16)27-13-18(17)19(24)11-22/h1-8,17-19,23H,9-10,12-13H2/t17-,18-,19?/m0/s1. The van der Waals surface area contributed by atoms with Crippen LogP contribution in [-0.4, -0.2) is 45.6 Å². The molecule has 8 heteroatoms. The number of benzene rings is 2. The Hall–Kier alpha value is -1.92. The van der Waals surface area contributed by atoms with Crippen molar-refractivity contribution in [2.24, 2.45) is 5.92 Å². The molecule has 0 radical (unpaired) electrons. The van der Waals surface area contributed by atoms with Crippen LogP contribution in [0.1, 0.15) is 11.5 Å². The number of nitrogens with one attached hydrogen (secondary N) is 1. The summed E-state index contributed by atoms with van der Waals surface area (Å²) in [6.07, 6.45) is 0. The molecule has 0 spiro atoms. The Bertz CT molecular complexity index is 1000. The molecule has 1 unspecified atom stereocenters. The molecule has 2 heterocycles. The fourth-order valence-corrected chi connectivity index (χ4v) is 5.35. The van der Waals surface area contributed by atoms with Crippen molar-refractivity contribution >= 4 is 26.0 Å². The summed E-state index contributed by atoms with van der Waals surface area (Å²) >= 11 is 3.30. The SMILES string of the molecule is N#CC1[C@H]2COc3ccccc3[C@@H]2CN1CCNS(=O)(=O)c1ccc(Br)cc1. The maximum atomic E-state index is 12.5. The predicted octanol–water partition coefficient (Wildman–Crippen LogP) is 2.73. The van der Waals surface area contributed by atoms with Crippen molar-refractivity contribution in [3.05, 3.63) is 58.6 Å². The van der Waals surface area contributed by atoms with Crippen LogP contribution in [0.25, 0.3) is 0 Å². The van der Waals surface area contributed by atoms with Crippen LogP contribution in [0.2, 0.25) is 0 Å². The molecule has 0 bridgehead atoms. The van der Waals surface area contributed by atoms with Crippen molar-refractivity contribution in [2.75, 3.05) is 26.2 Å². The van der Waals surface area contributed by atoms with Gasteiger partial charge in [0.25, 0.3) is 0 Å². The fourth-order valence-electron chi connectivity index (χ4n) is 4.06. The van der Waals surface area contributed by atoms with Gasteiger partial charge in [0.2, 0.25) is 10.0 Å². The van der Waals surface area contributed by atoms with Crippen LogP contribution in [0.5, 0.6) is 5.75 Å². The maximum Gasteiger partial charge on any atom is 0.240 e. The molecule has 0 aromatic heterocycles. The third-order valence-corrected chi connectivity index (χ3v) is 7.45. The highest BCUT2D eigenvalue weighted by atomic mass is 79.9. The Labute approximate surface area is 173 Å². The molecule has 146 valence electrons. The lowest BCUT2D eigenvalue weighted by Gasteiger charge is -2.28. The van der Waals surface area contributed by atoms with E-state index in [2.05, 4.69) is 37.7 Å². The minimum Gasteiger partial charge on any atom is -0.493 e. The van der Waals surface area contributed by atoms with E-state index in [1.807, 2.05) is 18.2 Å². The zero-order valence-corrected chi connectivity index (χ0v) is 17.5. The highest BCUT2D eigenvalue weighted by Gasteiger charge is 2.45. The molecule has 2 aliphatic rings. The number of nitriles is 1. The second-order valence-electron chi connectivity index (χ2n) is 7.04. The number of hydrogen-bond donors (Lipinski definition) is 1. The fraction of sp³-hybridized carbons (Fsp3) is 0.350. The Balaban J connectivity index is 1.43. The minimum atomic E-state index is -3.57. The molecule has 1 N–H and O–H groups in total.